The standard InChI is InChI=1S/C16H28N4S/c1-14-4-2-3-5-15(14)17-6-8-19-9-11-20(12-10-19)16-18-7-13-21-16/h7,13-15,17H,2-6,8-12H2,1H3. The first-order chi connectivity index (χ1) is 10.3. The molecule has 2 aliphatic rings. The van der Waals surface area contributed by atoms with Crippen LogP contribution in [0.4, 0.5) is 5.13 Å². The number of hydrogen-bond acceptors (Lipinski definition) is 5. The van der Waals surface area contributed by atoms with Gasteiger partial charge in [0.05, 0.1) is 0 Å². The van der Waals surface area contributed by atoms with Gasteiger partial charge < -0.3 is 10.2 Å². The van der Waals surface area contributed by atoms with E-state index in [2.05, 4.69) is 32.4 Å². The topological polar surface area (TPSA) is 31.4 Å². The molecule has 1 saturated carbocycles. The van der Waals surface area contributed by atoms with Gasteiger partial charge in [0.25, 0.3) is 0 Å². The van der Waals surface area contributed by atoms with Crippen LogP contribution in [0.15, 0.2) is 11.6 Å². The Morgan fingerprint density at radius 1 is 1.24 bits per heavy atom. The summed E-state index contributed by atoms with van der Waals surface area (Å²) in [7, 11) is 0. The molecule has 5 heteroatoms. The Bertz CT molecular complexity index is 400. The van der Waals surface area contributed by atoms with Gasteiger partial charge in [-0.3, -0.25) is 4.90 Å². The SMILES string of the molecule is CC1CCCCC1NCCN1CCN(c2nccs2)CC1. The second-order valence-corrected chi connectivity index (χ2v) is 7.34. The first-order valence-electron chi connectivity index (χ1n) is 8.43. The lowest BCUT2D eigenvalue weighted by atomic mass is 9.86. The molecule has 2 heterocycles. The average molecular weight is 308 g/mol. The van der Waals surface area contributed by atoms with E-state index in [0.717, 1.165) is 31.6 Å². The van der Waals surface area contributed by atoms with Crippen LogP contribution in [0.2, 0.25) is 0 Å². The number of anilines is 1. The second-order valence-electron chi connectivity index (χ2n) is 6.47. The van der Waals surface area contributed by atoms with Crippen LogP contribution in [0.1, 0.15) is 32.6 Å². The predicted molar refractivity (Wildman–Crippen MR) is 90.2 cm³/mol. The van der Waals surface area contributed by atoms with Crippen molar-refractivity contribution in [3.8, 4) is 0 Å². The third kappa shape index (κ3) is 4.18. The summed E-state index contributed by atoms with van der Waals surface area (Å²) in [5.74, 6) is 0.862. The number of piperazine rings is 1. The van der Waals surface area contributed by atoms with Gasteiger partial charge in [0, 0.05) is 56.9 Å². The van der Waals surface area contributed by atoms with E-state index in [4.69, 9.17) is 0 Å². The van der Waals surface area contributed by atoms with Gasteiger partial charge in [-0.1, -0.05) is 19.8 Å². The highest BCUT2D eigenvalue weighted by Crippen LogP contribution is 2.23. The van der Waals surface area contributed by atoms with Crippen LogP contribution in [-0.2, 0) is 0 Å². The molecule has 1 aliphatic carbocycles. The molecular weight excluding hydrogens is 280 g/mol. The summed E-state index contributed by atoms with van der Waals surface area (Å²) < 4.78 is 0. The largest absolute Gasteiger partial charge is 0.346 e. The number of rotatable bonds is 5. The summed E-state index contributed by atoms with van der Waals surface area (Å²) in [5, 5.41) is 7.04. The molecule has 1 N–H and O–H groups in total. The van der Waals surface area contributed by atoms with E-state index in [1.165, 1.54) is 50.4 Å². The van der Waals surface area contributed by atoms with Crippen LogP contribution < -0.4 is 10.2 Å². The lowest BCUT2D eigenvalue weighted by Gasteiger charge is -2.35. The van der Waals surface area contributed by atoms with Crippen LogP contribution in [0.3, 0.4) is 0 Å². The summed E-state index contributed by atoms with van der Waals surface area (Å²) in [5.41, 5.74) is 0. The minimum atomic E-state index is 0.760. The highest BCUT2D eigenvalue weighted by Gasteiger charge is 2.21. The van der Waals surface area contributed by atoms with E-state index < -0.39 is 0 Å². The Balaban J connectivity index is 1.34. The van der Waals surface area contributed by atoms with Gasteiger partial charge in [0.1, 0.15) is 0 Å². The fraction of sp³-hybridized carbons (Fsp3) is 0.812. The van der Waals surface area contributed by atoms with Crippen molar-refractivity contribution in [1.82, 2.24) is 15.2 Å². The maximum Gasteiger partial charge on any atom is 0.185 e. The molecule has 0 spiro atoms. The zero-order valence-electron chi connectivity index (χ0n) is 13.1. The molecule has 2 unspecified atom stereocenters. The Labute approximate surface area is 132 Å². The van der Waals surface area contributed by atoms with Gasteiger partial charge in [-0.25, -0.2) is 4.98 Å². The Morgan fingerprint density at radius 2 is 2.05 bits per heavy atom. The van der Waals surface area contributed by atoms with Crippen LogP contribution >= 0.6 is 11.3 Å². The quantitative estimate of drug-likeness (QED) is 0.905. The predicted octanol–water partition coefficient (Wildman–Crippen LogP) is 2.43. The van der Waals surface area contributed by atoms with Crippen LogP contribution in [-0.4, -0.2) is 55.2 Å². The van der Waals surface area contributed by atoms with Crippen molar-refractivity contribution >= 4 is 16.5 Å². The molecule has 1 saturated heterocycles. The van der Waals surface area contributed by atoms with Crippen molar-refractivity contribution in [2.24, 2.45) is 5.92 Å². The van der Waals surface area contributed by atoms with E-state index in [-0.39, 0.29) is 0 Å². The number of thiazole rings is 1. The highest BCUT2D eigenvalue weighted by atomic mass is 32.1. The van der Waals surface area contributed by atoms with Gasteiger partial charge in [0.2, 0.25) is 0 Å². The van der Waals surface area contributed by atoms with E-state index in [0.29, 0.717) is 0 Å². The summed E-state index contributed by atoms with van der Waals surface area (Å²) in [6, 6.07) is 0.760. The van der Waals surface area contributed by atoms with Crippen molar-refractivity contribution in [1.29, 1.82) is 0 Å². The third-order valence-electron chi connectivity index (χ3n) is 5.01. The normalized spacial score (nSPS) is 28.0. The van der Waals surface area contributed by atoms with Crippen LogP contribution in [0, 0.1) is 5.92 Å². The molecule has 2 fully saturated rings. The molecule has 0 aromatic carbocycles. The number of nitrogens with zero attached hydrogens (tertiary/aromatic N) is 3. The monoisotopic (exact) mass is 308 g/mol. The first kappa shape index (κ1) is 15.3. The third-order valence-corrected chi connectivity index (χ3v) is 5.84. The fourth-order valence-corrected chi connectivity index (χ4v) is 4.26. The minimum Gasteiger partial charge on any atom is -0.346 e. The van der Waals surface area contributed by atoms with E-state index in [1.54, 1.807) is 11.3 Å². The molecule has 2 atom stereocenters. The van der Waals surface area contributed by atoms with Gasteiger partial charge in [-0.2, -0.15) is 0 Å². The maximum atomic E-state index is 4.41. The molecule has 4 nitrogen and oxygen atoms in total. The Hall–Kier alpha value is -0.650. The molecule has 118 valence electrons. The maximum absolute atomic E-state index is 4.41. The second kappa shape index (κ2) is 7.56. The number of aromatic nitrogens is 1. The zero-order chi connectivity index (χ0) is 14.5. The Kier molecular flexibility index (Phi) is 5.49. The van der Waals surface area contributed by atoms with Gasteiger partial charge in [-0.15, -0.1) is 11.3 Å². The molecule has 0 amide bonds. The van der Waals surface area contributed by atoms with Gasteiger partial charge in [0.15, 0.2) is 5.13 Å². The van der Waals surface area contributed by atoms with E-state index in [9.17, 15) is 0 Å². The summed E-state index contributed by atoms with van der Waals surface area (Å²) in [6.07, 6.45) is 7.53. The fourth-order valence-electron chi connectivity index (χ4n) is 3.56. The van der Waals surface area contributed by atoms with Crippen molar-refractivity contribution in [2.45, 2.75) is 38.6 Å². The molecule has 0 radical (unpaired) electrons. The molecule has 0 bridgehead atoms. The van der Waals surface area contributed by atoms with Gasteiger partial charge in [-0.05, 0) is 18.8 Å². The summed E-state index contributed by atoms with van der Waals surface area (Å²) >= 11 is 1.75. The minimum absolute atomic E-state index is 0.760. The molecule has 1 aromatic heterocycles. The lowest BCUT2D eigenvalue weighted by Crippen LogP contribution is -2.49. The summed E-state index contributed by atoms with van der Waals surface area (Å²) in [6.45, 7) is 9.31. The molecule has 1 aromatic rings. The smallest absolute Gasteiger partial charge is 0.185 e. The number of nitrogens with one attached hydrogen (secondary N) is 1. The average Bonchev–Trinajstić information content (AvgIpc) is 3.04. The Morgan fingerprint density at radius 3 is 2.76 bits per heavy atom. The lowest BCUT2D eigenvalue weighted by molar-refractivity contribution is 0.232. The number of hydrogen-bond donors (Lipinski definition) is 1. The molecule has 21 heavy (non-hydrogen) atoms. The van der Waals surface area contributed by atoms with Crippen molar-refractivity contribution in [2.75, 3.05) is 44.2 Å². The summed E-state index contributed by atoms with van der Waals surface area (Å²) in [4.78, 5) is 9.41. The molecular formula is C16H28N4S. The van der Waals surface area contributed by atoms with Crippen molar-refractivity contribution in [3.05, 3.63) is 11.6 Å². The van der Waals surface area contributed by atoms with Crippen LogP contribution in [0.5, 0.6) is 0 Å². The van der Waals surface area contributed by atoms with Gasteiger partial charge >= 0.3 is 0 Å². The first-order valence-corrected chi connectivity index (χ1v) is 9.31. The molecule has 3 rings (SSSR count). The van der Waals surface area contributed by atoms with E-state index in [1.807, 2.05) is 6.20 Å². The van der Waals surface area contributed by atoms with Crippen molar-refractivity contribution < 1.29 is 0 Å². The van der Waals surface area contributed by atoms with Crippen LogP contribution in [0.25, 0.3) is 0 Å². The molecule has 1 aliphatic heterocycles. The van der Waals surface area contributed by atoms with Crippen molar-refractivity contribution in [3.63, 3.8) is 0 Å². The van der Waals surface area contributed by atoms with E-state index >= 15 is 0 Å². The highest BCUT2D eigenvalue weighted by molar-refractivity contribution is 7.13. The zero-order valence-corrected chi connectivity index (χ0v) is 13.9.